The summed E-state index contributed by atoms with van der Waals surface area (Å²) in [6.07, 6.45) is -2.43. The summed E-state index contributed by atoms with van der Waals surface area (Å²) in [7, 11) is -2.26. The molecule has 4 rings (SSSR count). The van der Waals surface area contributed by atoms with Gasteiger partial charge in [-0.2, -0.15) is 8.42 Å². The molecule has 9 heteroatoms. The van der Waals surface area contributed by atoms with Gasteiger partial charge in [-0.3, -0.25) is 4.18 Å². The van der Waals surface area contributed by atoms with Crippen molar-refractivity contribution < 1.29 is 31.5 Å². The molecule has 0 aromatic heterocycles. The van der Waals surface area contributed by atoms with Gasteiger partial charge in [0.15, 0.2) is 12.6 Å². The van der Waals surface area contributed by atoms with Gasteiger partial charge in [0, 0.05) is 19.2 Å². The zero-order chi connectivity index (χ0) is 21.8. The van der Waals surface area contributed by atoms with Crippen LogP contribution < -0.4 is 5.32 Å². The Labute approximate surface area is 182 Å². The van der Waals surface area contributed by atoms with E-state index in [4.69, 9.17) is 23.1 Å². The summed E-state index contributed by atoms with van der Waals surface area (Å²) in [5.74, 6) is 0. The summed E-state index contributed by atoms with van der Waals surface area (Å²) >= 11 is 0. The van der Waals surface area contributed by atoms with Crippen LogP contribution in [0.15, 0.2) is 60.7 Å². The fraction of sp³-hybridized carbons (Fsp3) is 0.455. The first-order valence-corrected chi connectivity index (χ1v) is 11.9. The Morgan fingerprint density at radius 2 is 1.71 bits per heavy atom. The van der Waals surface area contributed by atoms with E-state index in [0.717, 1.165) is 17.4 Å². The smallest absolute Gasteiger partial charge is 0.264 e. The first-order valence-electron chi connectivity index (χ1n) is 10.1. The lowest BCUT2D eigenvalue weighted by Crippen LogP contribution is -2.66. The van der Waals surface area contributed by atoms with Gasteiger partial charge < -0.3 is 24.3 Å². The van der Waals surface area contributed by atoms with Crippen molar-refractivity contribution in [2.75, 3.05) is 20.0 Å². The number of nitrogens with one attached hydrogen (secondary N) is 1. The molecule has 0 saturated carbocycles. The molecule has 0 amide bonds. The quantitative estimate of drug-likeness (QED) is 0.642. The third kappa shape index (κ3) is 5.50. The van der Waals surface area contributed by atoms with Crippen LogP contribution in [0.3, 0.4) is 0 Å². The van der Waals surface area contributed by atoms with Crippen molar-refractivity contribution >= 4 is 10.1 Å². The molecular formula is C22H27NO7S. The first kappa shape index (κ1) is 22.3. The molecule has 6 atom stereocenters. The molecular weight excluding hydrogens is 422 g/mol. The van der Waals surface area contributed by atoms with E-state index >= 15 is 0 Å². The number of benzene rings is 2. The van der Waals surface area contributed by atoms with Crippen molar-refractivity contribution in [1.82, 2.24) is 5.32 Å². The third-order valence-corrected chi connectivity index (χ3v) is 5.89. The van der Waals surface area contributed by atoms with E-state index in [1.54, 1.807) is 0 Å². The van der Waals surface area contributed by atoms with Crippen molar-refractivity contribution in [2.24, 2.45) is 0 Å². The van der Waals surface area contributed by atoms with Gasteiger partial charge in [0.1, 0.15) is 18.3 Å². The number of hydrogen-bond acceptors (Lipinski definition) is 8. The van der Waals surface area contributed by atoms with Gasteiger partial charge >= 0.3 is 0 Å². The minimum atomic E-state index is -3.78. The minimum absolute atomic E-state index is 0.221. The number of ether oxygens (including phenoxy) is 4. The second kappa shape index (κ2) is 9.74. The average molecular weight is 450 g/mol. The topological polar surface area (TPSA) is 92.3 Å². The Bertz CT molecular complexity index is 935. The van der Waals surface area contributed by atoms with Gasteiger partial charge in [-0.05, 0) is 5.56 Å². The molecule has 2 aromatic carbocycles. The van der Waals surface area contributed by atoms with Crippen LogP contribution in [0, 0.1) is 0 Å². The SMILES string of the molecule is CO[C@@H]1O[C@@H]2CO[C@@H](c3ccccc3)O[C@@H]2[C@@H](OS(C)(=O)=O)[C@H]1NCc1ccccc1. The predicted octanol–water partition coefficient (Wildman–Crippen LogP) is 1.98. The summed E-state index contributed by atoms with van der Waals surface area (Å²) in [5, 5.41) is 3.34. The molecule has 0 aliphatic carbocycles. The minimum Gasteiger partial charge on any atom is -0.354 e. The molecule has 0 radical (unpaired) electrons. The van der Waals surface area contributed by atoms with Crippen LogP contribution in [0.5, 0.6) is 0 Å². The van der Waals surface area contributed by atoms with Crippen LogP contribution in [0.4, 0.5) is 0 Å². The molecule has 2 aliphatic heterocycles. The number of fused-ring (bicyclic) bond motifs is 1. The molecule has 2 fully saturated rings. The molecule has 2 aromatic rings. The standard InChI is InChI=1S/C22H27NO7S/c1-26-22-18(23-13-15-9-5-3-6-10-15)20(30-31(2,24)25)19-17(28-22)14-27-21(29-19)16-11-7-4-8-12-16/h3-12,17-23H,13-14H2,1-2H3/t17-,18-,19+,20+,21-,22-/m1/s1. The maximum atomic E-state index is 12.1. The Kier molecular flexibility index (Phi) is 7.02. The Balaban J connectivity index is 1.59. The van der Waals surface area contributed by atoms with Gasteiger partial charge in [0.2, 0.25) is 0 Å². The molecule has 8 nitrogen and oxygen atoms in total. The highest BCUT2D eigenvalue weighted by molar-refractivity contribution is 7.86. The van der Waals surface area contributed by atoms with Crippen molar-refractivity contribution in [3.63, 3.8) is 0 Å². The van der Waals surface area contributed by atoms with Crippen LogP contribution in [0.25, 0.3) is 0 Å². The molecule has 0 bridgehead atoms. The fourth-order valence-electron chi connectivity index (χ4n) is 3.92. The summed E-state index contributed by atoms with van der Waals surface area (Å²) in [6, 6.07) is 18.6. The van der Waals surface area contributed by atoms with Crippen molar-refractivity contribution in [2.45, 2.75) is 43.5 Å². The molecule has 2 saturated heterocycles. The van der Waals surface area contributed by atoms with Crippen molar-refractivity contribution in [3.05, 3.63) is 71.8 Å². The van der Waals surface area contributed by atoms with Gasteiger partial charge in [0.25, 0.3) is 10.1 Å². The van der Waals surface area contributed by atoms with Crippen molar-refractivity contribution in [1.29, 1.82) is 0 Å². The molecule has 0 spiro atoms. The summed E-state index contributed by atoms with van der Waals surface area (Å²) in [6.45, 7) is 0.702. The number of rotatable bonds is 7. The monoisotopic (exact) mass is 449 g/mol. The zero-order valence-electron chi connectivity index (χ0n) is 17.4. The highest BCUT2D eigenvalue weighted by Crippen LogP contribution is 2.36. The van der Waals surface area contributed by atoms with Crippen LogP contribution in [-0.4, -0.2) is 59.0 Å². The highest BCUT2D eigenvalue weighted by Gasteiger charge is 2.52. The third-order valence-electron chi connectivity index (χ3n) is 5.31. The second-order valence-electron chi connectivity index (χ2n) is 7.61. The van der Waals surface area contributed by atoms with Gasteiger partial charge in [-0.15, -0.1) is 0 Å². The highest BCUT2D eigenvalue weighted by atomic mass is 32.2. The van der Waals surface area contributed by atoms with Crippen LogP contribution >= 0.6 is 0 Å². The zero-order valence-corrected chi connectivity index (χ0v) is 18.2. The normalized spacial score (nSPS) is 31.2. The Morgan fingerprint density at radius 1 is 1.03 bits per heavy atom. The molecule has 2 aliphatic rings. The summed E-state index contributed by atoms with van der Waals surface area (Å²) < 4.78 is 53.4. The molecule has 31 heavy (non-hydrogen) atoms. The van der Waals surface area contributed by atoms with E-state index in [1.807, 2.05) is 60.7 Å². The van der Waals surface area contributed by atoms with Crippen molar-refractivity contribution in [3.8, 4) is 0 Å². The average Bonchev–Trinajstić information content (AvgIpc) is 2.78. The molecule has 168 valence electrons. The maximum Gasteiger partial charge on any atom is 0.264 e. The van der Waals surface area contributed by atoms with Crippen LogP contribution in [0.1, 0.15) is 17.4 Å². The van der Waals surface area contributed by atoms with E-state index < -0.39 is 47.1 Å². The van der Waals surface area contributed by atoms with Crippen LogP contribution in [-0.2, 0) is 39.8 Å². The lowest BCUT2D eigenvalue weighted by molar-refractivity contribution is -0.338. The summed E-state index contributed by atoms with van der Waals surface area (Å²) in [4.78, 5) is 0. The van der Waals surface area contributed by atoms with E-state index in [2.05, 4.69) is 5.32 Å². The summed E-state index contributed by atoms with van der Waals surface area (Å²) in [5.41, 5.74) is 1.87. The van der Waals surface area contributed by atoms with Gasteiger partial charge in [-0.25, -0.2) is 0 Å². The van der Waals surface area contributed by atoms with Gasteiger partial charge in [0.05, 0.1) is 18.9 Å². The van der Waals surface area contributed by atoms with Crippen LogP contribution in [0.2, 0.25) is 0 Å². The fourth-order valence-corrected chi connectivity index (χ4v) is 4.55. The largest absolute Gasteiger partial charge is 0.354 e. The lowest BCUT2D eigenvalue weighted by atomic mass is 9.95. The number of methoxy groups -OCH3 is 1. The first-order chi connectivity index (χ1) is 14.9. The molecule has 1 N–H and O–H groups in total. The molecule has 0 unspecified atom stereocenters. The second-order valence-corrected chi connectivity index (χ2v) is 9.21. The Hall–Kier alpha value is -1.85. The van der Waals surface area contributed by atoms with E-state index in [0.29, 0.717) is 6.54 Å². The maximum absolute atomic E-state index is 12.1. The number of hydrogen-bond donors (Lipinski definition) is 1. The predicted molar refractivity (Wildman–Crippen MR) is 112 cm³/mol. The lowest BCUT2D eigenvalue weighted by Gasteiger charge is -2.48. The van der Waals surface area contributed by atoms with Gasteiger partial charge in [-0.1, -0.05) is 60.7 Å². The van der Waals surface area contributed by atoms with E-state index in [9.17, 15) is 8.42 Å². The van der Waals surface area contributed by atoms with E-state index in [1.165, 1.54) is 7.11 Å². The van der Waals surface area contributed by atoms with E-state index in [-0.39, 0.29) is 6.61 Å². The molecule has 2 heterocycles. The Morgan fingerprint density at radius 3 is 2.35 bits per heavy atom.